The molecule has 0 atom stereocenters. The molecule has 0 aliphatic heterocycles. The second-order valence-corrected chi connectivity index (χ2v) is 0.587. The summed E-state index contributed by atoms with van der Waals surface area (Å²) in [5.41, 5.74) is 0. The molecule has 0 aromatic carbocycles. The van der Waals surface area contributed by atoms with Crippen molar-refractivity contribution >= 4 is 7.69 Å². The number of allylic oxidation sites excluding steroid dienone is 2. The Morgan fingerprint density at radius 1 is 1.14 bits per heavy atom. The van der Waals surface area contributed by atoms with Crippen LogP contribution in [0.4, 0.5) is 0 Å². The summed E-state index contributed by atoms with van der Waals surface area (Å²) in [6.07, 6.45) is 3.28. The summed E-state index contributed by atoms with van der Waals surface area (Å²) < 4.78 is 0. The van der Waals surface area contributed by atoms with E-state index in [0.717, 1.165) is 0 Å². The van der Waals surface area contributed by atoms with Gasteiger partial charge in [-0.1, -0.05) is 25.3 Å². The van der Waals surface area contributed by atoms with Crippen molar-refractivity contribution in [3.05, 3.63) is 25.3 Å². The van der Waals surface area contributed by atoms with Gasteiger partial charge in [-0.15, -0.1) is 0 Å². The fourth-order valence-corrected chi connectivity index (χ4v) is 0. The summed E-state index contributed by atoms with van der Waals surface area (Å²) in [5.74, 6) is 0. The average molecular weight is 98.9 g/mol. The standard InChI is InChI=1S/C4H6.BH2O2/c1-3-4-2;2-1-3/h3-4H,1-2H2;2-3H. The Morgan fingerprint density at radius 3 is 1.29 bits per heavy atom. The first-order valence-electron chi connectivity index (χ1n) is 1.67. The normalized spacial score (nSPS) is 4.86. The van der Waals surface area contributed by atoms with Crippen molar-refractivity contribution in [2.24, 2.45) is 0 Å². The van der Waals surface area contributed by atoms with Crippen LogP contribution < -0.4 is 0 Å². The fourth-order valence-electron chi connectivity index (χ4n) is 0. The zero-order valence-electron chi connectivity index (χ0n) is 4.04. The first kappa shape index (κ1) is 9.69. The minimum Gasteiger partial charge on any atom is -0.429 e. The molecule has 2 N–H and O–H groups in total. The average Bonchev–Trinajstić information content (AvgIpc) is 1.69. The van der Waals surface area contributed by atoms with Crippen LogP contribution in [0.1, 0.15) is 0 Å². The second-order valence-electron chi connectivity index (χ2n) is 0.587. The smallest absolute Gasteiger partial charge is 0.429 e. The maximum atomic E-state index is 7.00. The molecule has 7 heavy (non-hydrogen) atoms. The molecule has 39 valence electrons. The molecule has 0 bridgehead atoms. The summed E-state index contributed by atoms with van der Waals surface area (Å²) in [4.78, 5) is 0. The lowest BCUT2D eigenvalue weighted by Crippen LogP contribution is -1.75. The highest BCUT2D eigenvalue weighted by atomic mass is 16.4. The van der Waals surface area contributed by atoms with Gasteiger partial charge in [0, 0.05) is 0 Å². The number of hydrogen-bond donors (Lipinski definition) is 2. The van der Waals surface area contributed by atoms with Crippen LogP contribution in [-0.2, 0) is 0 Å². The summed E-state index contributed by atoms with van der Waals surface area (Å²) in [5, 5.41) is 14.0. The van der Waals surface area contributed by atoms with Crippen molar-refractivity contribution in [3.63, 3.8) is 0 Å². The zero-order valence-corrected chi connectivity index (χ0v) is 4.04. The maximum absolute atomic E-state index is 7.00. The molecule has 0 amide bonds. The van der Waals surface area contributed by atoms with Gasteiger partial charge in [0.15, 0.2) is 0 Å². The van der Waals surface area contributed by atoms with Crippen molar-refractivity contribution in [1.82, 2.24) is 0 Å². The summed E-state index contributed by atoms with van der Waals surface area (Å²) >= 11 is 0. The first-order chi connectivity index (χ1) is 3.33. The minimum atomic E-state index is 0. The molecule has 0 saturated heterocycles. The largest absolute Gasteiger partial charge is 0.482 e. The lowest BCUT2D eigenvalue weighted by atomic mass is 10.5. The third-order valence-corrected chi connectivity index (χ3v) is 0.167. The highest BCUT2D eigenvalue weighted by Gasteiger charge is 1.51. The van der Waals surface area contributed by atoms with E-state index in [9.17, 15) is 0 Å². The van der Waals surface area contributed by atoms with Gasteiger partial charge in [-0.3, -0.25) is 0 Å². The van der Waals surface area contributed by atoms with Crippen LogP contribution in [0.2, 0.25) is 0 Å². The Kier molecular flexibility index (Phi) is 24.8. The maximum Gasteiger partial charge on any atom is 0.482 e. The molecule has 0 aliphatic rings. The van der Waals surface area contributed by atoms with E-state index in [-0.39, 0.29) is 7.69 Å². The Morgan fingerprint density at radius 2 is 1.29 bits per heavy atom. The van der Waals surface area contributed by atoms with Crippen molar-refractivity contribution < 1.29 is 10.0 Å². The van der Waals surface area contributed by atoms with E-state index in [1.807, 2.05) is 0 Å². The van der Waals surface area contributed by atoms with Crippen LogP contribution in [0.15, 0.2) is 25.3 Å². The molecule has 0 saturated carbocycles. The van der Waals surface area contributed by atoms with E-state index in [1.54, 1.807) is 12.2 Å². The monoisotopic (exact) mass is 99.1 g/mol. The summed E-state index contributed by atoms with van der Waals surface area (Å²) in [7, 11) is 0. The van der Waals surface area contributed by atoms with Crippen molar-refractivity contribution in [1.29, 1.82) is 0 Å². The lowest BCUT2D eigenvalue weighted by Gasteiger charge is -1.46. The molecule has 1 radical (unpaired) electrons. The molecule has 0 aliphatic carbocycles. The van der Waals surface area contributed by atoms with E-state index in [4.69, 9.17) is 10.0 Å². The Bertz CT molecular complexity index is 39.0. The molecular weight excluding hydrogens is 90.9 g/mol. The second kappa shape index (κ2) is 17.9. The van der Waals surface area contributed by atoms with Gasteiger partial charge in [-0.25, -0.2) is 0 Å². The predicted molar refractivity (Wildman–Crippen MR) is 30.6 cm³/mol. The SMILES string of the molecule is C=CC=C.O[B]O. The zero-order chi connectivity index (χ0) is 6.12. The van der Waals surface area contributed by atoms with Gasteiger partial charge in [0.05, 0.1) is 0 Å². The third-order valence-electron chi connectivity index (χ3n) is 0.167. The van der Waals surface area contributed by atoms with Gasteiger partial charge in [0.25, 0.3) is 0 Å². The van der Waals surface area contributed by atoms with Crippen LogP contribution >= 0.6 is 0 Å². The van der Waals surface area contributed by atoms with Crippen LogP contribution in [-0.4, -0.2) is 17.7 Å². The van der Waals surface area contributed by atoms with Gasteiger partial charge in [-0.05, 0) is 0 Å². The molecule has 0 fully saturated rings. The predicted octanol–water partition coefficient (Wildman–Crippen LogP) is -0.136. The molecule has 0 rings (SSSR count). The highest BCUT2D eigenvalue weighted by Crippen LogP contribution is 1.52. The van der Waals surface area contributed by atoms with Crippen molar-refractivity contribution in [2.45, 2.75) is 0 Å². The van der Waals surface area contributed by atoms with Gasteiger partial charge in [0.1, 0.15) is 0 Å². The van der Waals surface area contributed by atoms with E-state index in [0.29, 0.717) is 0 Å². The fraction of sp³-hybridized carbons (Fsp3) is 0. The van der Waals surface area contributed by atoms with E-state index >= 15 is 0 Å². The van der Waals surface area contributed by atoms with E-state index < -0.39 is 0 Å². The molecular formula is C4H8BO2. The van der Waals surface area contributed by atoms with Gasteiger partial charge < -0.3 is 10.0 Å². The number of rotatable bonds is 1. The first-order valence-corrected chi connectivity index (χ1v) is 1.67. The molecule has 0 aromatic rings. The topological polar surface area (TPSA) is 40.5 Å². The molecule has 0 aromatic heterocycles. The number of hydrogen-bond acceptors (Lipinski definition) is 2. The Labute approximate surface area is 44.1 Å². The molecule has 3 heteroatoms. The summed E-state index contributed by atoms with van der Waals surface area (Å²) in [6.45, 7) is 6.72. The van der Waals surface area contributed by atoms with Crippen LogP contribution in [0.3, 0.4) is 0 Å². The highest BCUT2D eigenvalue weighted by molar-refractivity contribution is 6.13. The van der Waals surface area contributed by atoms with Gasteiger partial charge >= 0.3 is 7.69 Å². The Hall–Kier alpha value is -0.535. The van der Waals surface area contributed by atoms with Gasteiger partial charge in [0.2, 0.25) is 0 Å². The van der Waals surface area contributed by atoms with Crippen LogP contribution in [0.25, 0.3) is 0 Å². The molecule has 0 unspecified atom stereocenters. The minimum absolute atomic E-state index is 0. The van der Waals surface area contributed by atoms with E-state index in [2.05, 4.69) is 13.2 Å². The van der Waals surface area contributed by atoms with Crippen LogP contribution in [0.5, 0.6) is 0 Å². The Balaban J connectivity index is 0. The van der Waals surface area contributed by atoms with Crippen molar-refractivity contribution in [2.75, 3.05) is 0 Å². The quantitative estimate of drug-likeness (QED) is 0.355. The molecule has 2 nitrogen and oxygen atoms in total. The molecule has 0 heterocycles. The van der Waals surface area contributed by atoms with Crippen LogP contribution in [0, 0.1) is 0 Å². The molecule has 0 spiro atoms. The van der Waals surface area contributed by atoms with E-state index in [1.165, 1.54) is 0 Å². The van der Waals surface area contributed by atoms with Gasteiger partial charge in [-0.2, -0.15) is 0 Å². The van der Waals surface area contributed by atoms with Crippen molar-refractivity contribution in [3.8, 4) is 0 Å². The summed E-state index contributed by atoms with van der Waals surface area (Å²) in [6, 6.07) is 0. The lowest BCUT2D eigenvalue weighted by molar-refractivity contribution is 0.448. The third kappa shape index (κ3) is 304.